The molecule has 0 aliphatic rings. The van der Waals surface area contributed by atoms with Gasteiger partial charge in [-0.1, -0.05) is 24.3 Å². The molecule has 2 aromatic carbocycles. The third-order valence-electron chi connectivity index (χ3n) is 4.52. The molecule has 0 bridgehead atoms. The molecule has 31 heavy (non-hydrogen) atoms. The molecule has 0 atom stereocenters. The molecule has 0 saturated carbocycles. The minimum Gasteiger partial charge on any atom is -0.493 e. The number of ether oxygens (including phenoxy) is 2. The summed E-state index contributed by atoms with van der Waals surface area (Å²) in [5, 5.41) is 2.50. The second-order valence-electron chi connectivity index (χ2n) is 6.58. The lowest BCUT2D eigenvalue weighted by Gasteiger charge is -2.08. The van der Waals surface area contributed by atoms with Gasteiger partial charge in [0.25, 0.3) is 0 Å². The third kappa shape index (κ3) is 4.56. The van der Waals surface area contributed by atoms with E-state index in [1.807, 2.05) is 31.2 Å². The second-order valence-corrected chi connectivity index (χ2v) is 7.43. The number of rotatable bonds is 8. The summed E-state index contributed by atoms with van der Waals surface area (Å²) in [6, 6.07) is 14.1. The van der Waals surface area contributed by atoms with E-state index in [1.165, 1.54) is 11.3 Å². The Morgan fingerprint density at radius 2 is 1.90 bits per heavy atom. The summed E-state index contributed by atoms with van der Waals surface area (Å²) in [5.74, 6) is 0.149. The fraction of sp³-hybridized carbons (Fsp3) is 0.227. The van der Waals surface area contributed by atoms with Crippen LogP contribution in [-0.2, 0) is 22.6 Å². The maximum atomic E-state index is 13.5. The summed E-state index contributed by atoms with van der Waals surface area (Å²) < 4.78 is 38.6. The van der Waals surface area contributed by atoms with Gasteiger partial charge in [-0.15, -0.1) is 11.3 Å². The van der Waals surface area contributed by atoms with Gasteiger partial charge in [0.1, 0.15) is 17.4 Å². The molecule has 0 amide bonds. The van der Waals surface area contributed by atoms with Gasteiger partial charge >= 0.3 is 12.5 Å². The van der Waals surface area contributed by atoms with Crippen LogP contribution in [0.2, 0.25) is 0 Å². The Morgan fingerprint density at radius 3 is 2.71 bits per heavy atom. The molecule has 4 rings (SSSR count). The first kappa shape index (κ1) is 20.9. The van der Waals surface area contributed by atoms with Crippen molar-refractivity contribution >= 4 is 28.3 Å². The SMILES string of the molecule is CCOc1ccccc1-c1nc(CC(=O)OCc2nc3ccccc3n2C(F)F)cs1. The quantitative estimate of drug-likeness (QED) is 0.349. The number of imidazole rings is 1. The molecular weight excluding hydrogens is 424 g/mol. The van der Waals surface area contributed by atoms with Crippen LogP contribution in [0, 0.1) is 0 Å². The van der Waals surface area contributed by atoms with Crippen LogP contribution in [0.1, 0.15) is 25.0 Å². The van der Waals surface area contributed by atoms with E-state index < -0.39 is 12.5 Å². The first-order chi connectivity index (χ1) is 15.1. The zero-order valence-electron chi connectivity index (χ0n) is 16.6. The van der Waals surface area contributed by atoms with Crippen molar-refractivity contribution in [2.75, 3.05) is 6.61 Å². The van der Waals surface area contributed by atoms with E-state index in [0.29, 0.717) is 23.3 Å². The van der Waals surface area contributed by atoms with Gasteiger partial charge < -0.3 is 9.47 Å². The Kier molecular flexibility index (Phi) is 6.22. The van der Waals surface area contributed by atoms with Crippen molar-refractivity contribution in [3.63, 3.8) is 0 Å². The van der Waals surface area contributed by atoms with E-state index in [2.05, 4.69) is 9.97 Å². The summed E-state index contributed by atoms with van der Waals surface area (Å²) in [6.45, 7) is -0.692. The van der Waals surface area contributed by atoms with Crippen LogP contribution in [0.3, 0.4) is 0 Å². The highest BCUT2D eigenvalue weighted by Crippen LogP contribution is 2.32. The van der Waals surface area contributed by atoms with E-state index >= 15 is 0 Å². The minimum atomic E-state index is -2.78. The maximum Gasteiger partial charge on any atom is 0.320 e. The molecule has 2 aromatic heterocycles. The number of benzene rings is 2. The molecule has 0 saturated heterocycles. The number of fused-ring (bicyclic) bond motifs is 1. The zero-order valence-corrected chi connectivity index (χ0v) is 17.4. The highest BCUT2D eigenvalue weighted by molar-refractivity contribution is 7.13. The van der Waals surface area contributed by atoms with Crippen LogP contribution >= 0.6 is 11.3 Å². The number of carbonyl (C=O) groups is 1. The Labute approximate surface area is 181 Å². The first-order valence-corrected chi connectivity index (χ1v) is 10.5. The van der Waals surface area contributed by atoms with Gasteiger partial charge in [0.15, 0.2) is 5.82 Å². The van der Waals surface area contributed by atoms with Gasteiger partial charge in [0.05, 0.1) is 35.3 Å². The van der Waals surface area contributed by atoms with E-state index in [0.717, 1.165) is 20.9 Å². The maximum absolute atomic E-state index is 13.5. The van der Waals surface area contributed by atoms with E-state index in [1.54, 1.807) is 29.6 Å². The number of esters is 1. The summed E-state index contributed by atoms with van der Waals surface area (Å²) in [4.78, 5) is 20.9. The molecule has 0 fully saturated rings. The van der Waals surface area contributed by atoms with Crippen LogP contribution in [0.25, 0.3) is 21.6 Å². The number of halogens is 2. The molecule has 0 spiro atoms. The topological polar surface area (TPSA) is 66.2 Å². The number of thiazole rings is 1. The monoisotopic (exact) mass is 443 g/mol. The van der Waals surface area contributed by atoms with E-state index in [4.69, 9.17) is 9.47 Å². The van der Waals surface area contributed by atoms with Crippen molar-refractivity contribution in [3.8, 4) is 16.3 Å². The zero-order chi connectivity index (χ0) is 21.8. The second kappa shape index (κ2) is 9.22. The largest absolute Gasteiger partial charge is 0.493 e. The summed E-state index contributed by atoms with van der Waals surface area (Å²) >= 11 is 1.39. The van der Waals surface area contributed by atoms with Crippen molar-refractivity contribution in [1.29, 1.82) is 0 Å². The lowest BCUT2D eigenvalue weighted by Crippen LogP contribution is -2.12. The fourth-order valence-corrected chi connectivity index (χ4v) is 4.04. The molecule has 0 N–H and O–H groups in total. The lowest BCUT2D eigenvalue weighted by atomic mass is 10.2. The number of para-hydroxylation sites is 3. The molecule has 2 heterocycles. The molecule has 9 heteroatoms. The molecule has 0 aliphatic heterocycles. The highest BCUT2D eigenvalue weighted by Gasteiger charge is 2.19. The van der Waals surface area contributed by atoms with Crippen molar-refractivity contribution in [2.24, 2.45) is 0 Å². The lowest BCUT2D eigenvalue weighted by molar-refractivity contribution is -0.144. The number of nitrogens with zero attached hydrogens (tertiary/aromatic N) is 3. The predicted octanol–water partition coefficient (Wildman–Crippen LogP) is 5.24. The van der Waals surface area contributed by atoms with Gasteiger partial charge in [-0.05, 0) is 31.2 Å². The van der Waals surface area contributed by atoms with Crippen LogP contribution in [-0.4, -0.2) is 27.1 Å². The first-order valence-electron chi connectivity index (χ1n) is 9.63. The smallest absolute Gasteiger partial charge is 0.320 e. The predicted molar refractivity (Wildman–Crippen MR) is 113 cm³/mol. The molecule has 0 aliphatic carbocycles. The van der Waals surface area contributed by atoms with Gasteiger partial charge in [-0.2, -0.15) is 8.78 Å². The van der Waals surface area contributed by atoms with Gasteiger partial charge in [0.2, 0.25) is 0 Å². The van der Waals surface area contributed by atoms with Gasteiger partial charge in [-0.3, -0.25) is 9.36 Å². The molecule has 0 radical (unpaired) electrons. The summed E-state index contributed by atoms with van der Waals surface area (Å²) in [7, 11) is 0. The molecular formula is C22H19F2N3O3S. The molecule has 4 aromatic rings. The Balaban J connectivity index is 1.44. The van der Waals surface area contributed by atoms with Gasteiger partial charge in [0, 0.05) is 5.38 Å². The van der Waals surface area contributed by atoms with E-state index in [-0.39, 0.29) is 18.9 Å². The van der Waals surface area contributed by atoms with Crippen molar-refractivity contribution in [1.82, 2.24) is 14.5 Å². The van der Waals surface area contributed by atoms with E-state index in [9.17, 15) is 13.6 Å². The van der Waals surface area contributed by atoms with Crippen LogP contribution in [0.15, 0.2) is 53.9 Å². The van der Waals surface area contributed by atoms with Crippen molar-refractivity contribution in [2.45, 2.75) is 26.5 Å². The molecule has 160 valence electrons. The Hall–Kier alpha value is -3.33. The molecule has 6 nitrogen and oxygen atoms in total. The Bertz CT molecular complexity index is 1210. The number of hydrogen-bond donors (Lipinski definition) is 0. The third-order valence-corrected chi connectivity index (χ3v) is 5.45. The van der Waals surface area contributed by atoms with Crippen molar-refractivity contribution in [3.05, 3.63) is 65.4 Å². The van der Waals surface area contributed by atoms with Crippen LogP contribution in [0.4, 0.5) is 8.78 Å². The van der Waals surface area contributed by atoms with Crippen molar-refractivity contribution < 1.29 is 23.0 Å². The highest BCUT2D eigenvalue weighted by atomic mass is 32.1. The number of aromatic nitrogens is 3. The van der Waals surface area contributed by atoms with Crippen LogP contribution < -0.4 is 4.74 Å². The normalized spacial score (nSPS) is 11.2. The average molecular weight is 443 g/mol. The Morgan fingerprint density at radius 1 is 1.13 bits per heavy atom. The number of hydrogen-bond acceptors (Lipinski definition) is 6. The van der Waals surface area contributed by atoms with Gasteiger partial charge in [-0.25, -0.2) is 9.97 Å². The number of alkyl halides is 2. The molecule has 0 unspecified atom stereocenters. The van der Waals surface area contributed by atoms with Crippen LogP contribution in [0.5, 0.6) is 5.75 Å². The average Bonchev–Trinajstić information content (AvgIpc) is 3.37. The number of carbonyl (C=O) groups excluding carboxylic acids is 1. The summed E-state index contributed by atoms with van der Waals surface area (Å²) in [5.41, 5.74) is 2.10. The standard InChI is InChI=1S/C22H19F2N3O3S/c1-2-29-18-10-6-3-7-15(18)21-25-14(13-31-21)11-20(28)30-12-19-26-16-8-4-5-9-17(16)27(19)22(23)24/h3-10,13,22H,2,11-12H2,1H3. The summed E-state index contributed by atoms with van der Waals surface area (Å²) in [6.07, 6.45) is -0.0673. The minimum absolute atomic E-state index is 0.00541. The fourth-order valence-electron chi connectivity index (χ4n) is 3.19.